The van der Waals surface area contributed by atoms with Crippen LogP contribution >= 0.6 is 12.4 Å². The van der Waals surface area contributed by atoms with Gasteiger partial charge in [0.1, 0.15) is 0 Å². The number of benzene rings is 1. The van der Waals surface area contributed by atoms with Gasteiger partial charge in [0.15, 0.2) is 11.6 Å². The number of halogens is 1. The molecule has 3 rings (SSSR count). The van der Waals surface area contributed by atoms with E-state index in [0.29, 0.717) is 17.4 Å². The van der Waals surface area contributed by atoms with Crippen LogP contribution in [0.1, 0.15) is 47.8 Å². The average molecular weight is 378 g/mol. The molecule has 1 aliphatic rings. The molecule has 2 N–H and O–H groups in total. The largest absolute Gasteiger partial charge is 0.317 e. The van der Waals surface area contributed by atoms with Gasteiger partial charge in [-0.1, -0.05) is 30.3 Å². The Hall–Kier alpha value is -2.25. The van der Waals surface area contributed by atoms with Gasteiger partial charge in [0.25, 0.3) is 0 Å². The van der Waals surface area contributed by atoms with E-state index in [1.54, 1.807) is 23.9 Å². The van der Waals surface area contributed by atoms with E-state index in [1.807, 2.05) is 18.2 Å². The molecule has 1 saturated heterocycles. The maximum absolute atomic E-state index is 12.1. The smallest absolute Gasteiger partial charge is 0.227 e. The summed E-state index contributed by atoms with van der Waals surface area (Å²) in [5.41, 5.74) is 0.627. The second-order valence-electron chi connectivity index (χ2n) is 6.28. The zero-order valence-electron chi connectivity index (χ0n) is 14.8. The summed E-state index contributed by atoms with van der Waals surface area (Å²) in [6.07, 6.45) is 2.31. The fraction of sp³-hybridized carbons (Fsp3) is 0.444. The number of anilines is 1. The van der Waals surface area contributed by atoms with Crippen LogP contribution in [0.4, 0.5) is 5.95 Å². The quantitative estimate of drug-likeness (QED) is 0.754. The summed E-state index contributed by atoms with van der Waals surface area (Å²) in [4.78, 5) is 28.7. The van der Waals surface area contributed by atoms with Crippen LogP contribution in [-0.2, 0) is 11.8 Å². The van der Waals surface area contributed by atoms with E-state index in [4.69, 9.17) is 0 Å². The van der Waals surface area contributed by atoms with Crippen molar-refractivity contribution < 1.29 is 9.59 Å². The van der Waals surface area contributed by atoms with Gasteiger partial charge < -0.3 is 5.32 Å². The number of aromatic nitrogens is 3. The van der Waals surface area contributed by atoms with Crippen molar-refractivity contribution in [1.29, 1.82) is 0 Å². The molecule has 0 aliphatic carbocycles. The van der Waals surface area contributed by atoms with Gasteiger partial charge >= 0.3 is 0 Å². The van der Waals surface area contributed by atoms with Crippen LogP contribution in [0, 0.1) is 0 Å². The standard InChI is InChI=1S/C18H23N5O2.ClH/c1-23-18(21-17(22-23)14-9-11-19-12-10-14)20-16(25)8-7-15(24)13-5-3-2-4-6-13;/h2-6,14,19H,7-12H2,1H3,(H,20,21,22,25);1H. The fourth-order valence-electron chi connectivity index (χ4n) is 2.95. The molecule has 1 fully saturated rings. The van der Waals surface area contributed by atoms with Gasteiger partial charge in [0, 0.05) is 31.4 Å². The Morgan fingerprint density at radius 1 is 1.19 bits per heavy atom. The number of rotatable bonds is 6. The SMILES string of the molecule is Cl.Cn1nc(C2CCNCC2)nc1NC(=O)CCC(=O)c1ccccc1. The lowest BCUT2D eigenvalue weighted by Crippen LogP contribution is -2.27. The van der Waals surface area contributed by atoms with Gasteiger partial charge in [-0.2, -0.15) is 10.1 Å². The monoisotopic (exact) mass is 377 g/mol. The highest BCUT2D eigenvalue weighted by Crippen LogP contribution is 2.23. The van der Waals surface area contributed by atoms with Crippen LogP contribution < -0.4 is 10.6 Å². The number of piperidine rings is 1. The van der Waals surface area contributed by atoms with Gasteiger partial charge in [0.2, 0.25) is 11.9 Å². The van der Waals surface area contributed by atoms with E-state index >= 15 is 0 Å². The Morgan fingerprint density at radius 2 is 1.88 bits per heavy atom. The number of Topliss-reactive ketones (excluding diaryl/α,β-unsaturated/α-hetero) is 1. The topological polar surface area (TPSA) is 88.9 Å². The number of hydrogen-bond donors (Lipinski definition) is 2. The number of hydrogen-bond acceptors (Lipinski definition) is 5. The van der Waals surface area contributed by atoms with Gasteiger partial charge in [0.05, 0.1) is 0 Å². The van der Waals surface area contributed by atoms with E-state index in [1.165, 1.54) is 0 Å². The minimum Gasteiger partial charge on any atom is -0.317 e. The molecular formula is C18H24ClN5O2. The number of ketones is 1. The molecule has 140 valence electrons. The van der Waals surface area contributed by atoms with Crippen molar-refractivity contribution in [2.75, 3.05) is 18.4 Å². The summed E-state index contributed by atoms with van der Waals surface area (Å²) in [5.74, 6) is 1.28. The van der Waals surface area contributed by atoms with Gasteiger partial charge in [-0.25, -0.2) is 4.68 Å². The van der Waals surface area contributed by atoms with E-state index in [0.717, 1.165) is 31.8 Å². The third kappa shape index (κ3) is 5.12. The Balaban J connectivity index is 0.00000243. The van der Waals surface area contributed by atoms with Crippen LogP contribution in [0.15, 0.2) is 30.3 Å². The highest BCUT2D eigenvalue weighted by atomic mass is 35.5. The van der Waals surface area contributed by atoms with Gasteiger partial charge in [-0.3, -0.25) is 14.9 Å². The minimum absolute atomic E-state index is 0. The summed E-state index contributed by atoms with van der Waals surface area (Å²) in [6.45, 7) is 1.93. The lowest BCUT2D eigenvalue weighted by molar-refractivity contribution is -0.116. The molecule has 0 spiro atoms. The normalized spacial score (nSPS) is 14.5. The molecule has 26 heavy (non-hydrogen) atoms. The molecule has 0 unspecified atom stereocenters. The van der Waals surface area contributed by atoms with Crippen molar-refractivity contribution >= 4 is 30.0 Å². The number of carbonyl (C=O) groups excluding carboxylic acids is 2. The third-order valence-electron chi connectivity index (χ3n) is 4.41. The van der Waals surface area contributed by atoms with Crippen molar-refractivity contribution in [1.82, 2.24) is 20.1 Å². The predicted octanol–water partition coefficient (Wildman–Crippen LogP) is 2.31. The van der Waals surface area contributed by atoms with Gasteiger partial charge in [-0.05, 0) is 25.9 Å². The first-order valence-corrected chi connectivity index (χ1v) is 8.63. The van der Waals surface area contributed by atoms with Crippen molar-refractivity contribution in [2.45, 2.75) is 31.6 Å². The zero-order chi connectivity index (χ0) is 17.6. The first-order valence-electron chi connectivity index (χ1n) is 8.63. The van der Waals surface area contributed by atoms with E-state index < -0.39 is 0 Å². The zero-order valence-corrected chi connectivity index (χ0v) is 15.6. The Kier molecular flexibility index (Phi) is 7.29. The summed E-state index contributed by atoms with van der Waals surface area (Å²) >= 11 is 0. The van der Waals surface area contributed by atoms with Crippen molar-refractivity contribution in [3.05, 3.63) is 41.7 Å². The molecule has 1 amide bonds. The van der Waals surface area contributed by atoms with E-state index in [9.17, 15) is 9.59 Å². The molecule has 1 aromatic carbocycles. The molecule has 0 atom stereocenters. The molecular weight excluding hydrogens is 354 g/mol. The molecule has 1 aliphatic heterocycles. The van der Waals surface area contributed by atoms with Crippen molar-refractivity contribution in [3.8, 4) is 0 Å². The lowest BCUT2D eigenvalue weighted by atomic mass is 9.98. The van der Waals surface area contributed by atoms with Crippen LogP contribution in [0.3, 0.4) is 0 Å². The van der Waals surface area contributed by atoms with Crippen LogP contribution in [0.25, 0.3) is 0 Å². The molecule has 0 bridgehead atoms. The van der Waals surface area contributed by atoms with Crippen LogP contribution in [-0.4, -0.2) is 39.5 Å². The minimum atomic E-state index is -0.225. The predicted molar refractivity (Wildman–Crippen MR) is 102 cm³/mol. The summed E-state index contributed by atoms with van der Waals surface area (Å²) in [5, 5.41) is 10.5. The average Bonchev–Trinajstić information content (AvgIpc) is 3.01. The second-order valence-corrected chi connectivity index (χ2v) is 6.28. The maximum atomic E-state index is 12.1. The lowest BCUT2D eigenvalue weighted by Gasteiger charge is -2.19. The Bertz CT molecular complexity index is 741. The first-order chi connectivity index (χ1) is 12.1. The highest BCUT2D eigenvalue weighted by molar-refractivity contribution is 5.99. The van der Waals surface area contributed by atoms with E-state index in [2.05, 4.69) is 20.7 Å². The fourth-order valence-corrected chi connectivity index (χ4v) is 2.95. The highest BCUT2D eigenvalue weighted by Gasteiger charge is 2.21. The number of nitrogens with zero attached hydrogens (tertiary/aromatic N) is 3. The number of aryl methyl sites for hydroxylation is 1. The Labute approximate surface area is 159 Å². The molecule has 2 heterocycles. The molecule has 0 saturated carbocycles. The molecule has 2 aromatic rings. The molecule has 1 aromatic heterocycles. The van der Waals surface area contributed by atoms with Crippen molar-refractivity contribution in [2.24, 2.45) is 7.05 Å². The molecule has 8 heteroatoms. The summed E-state index contributed by atoms with van der Waals surface area (Å²) in [6, 6.07) is 9.00. The van der Waals surface area contributed by atoms with Crippen LogP contribution in [0.2, 0.25) is 0 Å². The van der Waals surface area contributed by atoms with Crippen LogP contribution in [0.5, 0.6) is 0 Å². The van der Waals surface area contributed by atoms with Gasteiger partial charge in [-0.15, -0.1) is 12.4 Å². The van der Waals surface area contributed by atoms with Crippen molar-refractivity contribution in [3.63, 3.8) is 0 Å². The summed E-state index contributed by atoms with van der Waals surface area (Å²) < 4.78 is 1.59. The Morgan fingerprint density at radius 3 is 2.58 bits per heavy atom. The third-order valence-corrected chi connectivity index (χ3v) is 4.41. The van der Waals surface area contributed by atoms with E-state index in [-0.39, 0.29) is 36.9 Å². The molecule has 7 nitrogen and oxygen atoms in total. The maximum Gasteiger partial charge on any atom is 0.227 e. The first kappa shape index (κ1) is 20.1. The second kappa shape index (κ2) is 9.45. The number of amides is 1. The molecule has 0 radical (unpaired) electrons. The summed E-state index contributed by atoms with van der Waals surface area (Å²) in [7, 11) is 1.77. The number of carbonyl (C=O) groups is 2. The number of nitrogens with one attached hydrogen (secondary N) is 2.